The highest BCUT2D eigenvalue weighted by Gasteiger charge is 2.21. The zero-order chi connectivity index (χ0) is 19.6. The zero-order valence-electron chi connectivity index (χ0n) is 16.6. The number of amides is 1. The normalized spacial score (nSPS) is 12.3. The molecule has 1 N–H and O–H groups in total. The zero-order valence-corrected chi connectivity index (χ0v) is 16.6. The first-order chi connectivity index (χ1) is 12.9. The summed E-state index contributed by atoms with van der Waals surface area (Å²) < 4.78 is 2.06. The monoisotopic (exact) mass is 360 g/mol. The molecule has 0 saturated carbocycles. The third kappa shape index (κ3) is 3.68. The molecule has 0 spiro atoms. The van der Waals surface area contributed by atoms with Crippen LogP contribution in [-0.2, 0) is 6.54 Å². The molecular weight excluding hydrogens is 332 g/mol. The molecule has 0 aliphatic heterocycles. The van der Waals surface area contributed by atoms with E-state index >= 15 is 0 Å². The van der Waals surface area contributed by atoms with Crippen LogP contribution in [0.15, 0.2) is 61.2 Å². The first-order valence-corrected chi connectivity index (χ1v) is 9.53. The van der Waals surface area contributed by atoms with Crippen molar-refractivity contribution < 1.29 is 4.79 Å². The summed E-state index contributed by atoms with van der Waals surface area (Å²) in [6.07, 6.45) is 1.84. The van der Waals surface area contributed by atoms with Crippen molar-refractivity contribution in [1.82, 2.24) is 9.88 Å². The molecule has 0 fully saturated rings. The van der Waals surface area contributed by atoms with E-state index in [1.165, 1.54) is 5.56 Å². The number of carbonyl (C=O) groups is 1. The molecule has 27 heavy (non-hydrogen) atoms. The lowest BCUT2D eigenvalue weighted by Crippen LogP contribution is -2.29. The SMILES string of the molecule is C=CCn1c(C(=O)NC(C)c2ccccc2)c(C)c2cc(C(C)C)ccc21. The molecule has 0 bridgehead atoms. The maximum Gasteiger partial charge on any atom is 0.268 e. The minimum absolute atomic E-state index is 0.0481. The quantitative estimate of drug-likeness (QED) is 0.558. The van der Waals surface area contributed by atoms with E-state index in [0.717, 1.165) is 22.0 Å². The molecule has 0 aliphatic carbocycles. The summed E-state index contributed by atoms with van der Waals surface area (Å²) in [5, 5.41) is 4.30. The van der Waals surface area contributed by atoms with Crippen molar-refractivity contribution in [2.45, 2.75) is 46.2 Å². The van der Waals surface area contributed by atoms with Crippen LogP contribution in [0, 0.1) is 6.92 Å². The van der Waals surface area contributed by atoms with E-state index in [-0.39, 0.29) is 11.9 Å². The number of hydrogen-bond donors (Lipinski definition) is 1. The lowest BCUT2D eigenvalue weighted by molar-refractivity contribution is 0.0931. The van der Waals surface area contributed by atoms with Crippen molar-refractivity contribution in [2.24, 2.45) is 0 Å². The maximum atomic E-state index is 13.2. The van der Waals surface area contributed by atoms with Crippen LogP contribution in [0.4, 0.5) is 0 Å². The Hall–Kier alpha value is -2.81. The third-order valence-electron chi connectivity index (χ3n) is 5.18. The van der Waals surface area contributed by atoms with Crippen LogP contribution in [-0.4, -0.2) is 10.5 Å². The first-order valence-electron chi connectivity index (χ1n) is 9.53. The highest BCUT2D eigenvalue weighted by atomic mass is 16.2. The van der Waals surface area contributed by atoms with E-state index in [0.29, 0.717) is 18.2 Å². The van der Waals surface area contributed by atoms with Gasteiger partial charge in [-0.15, -0.1) is 6.58 Å². The molecule has 1 amide bonds. The van der Waals surface area contributed by atoms with Crippen LogP contribution in [0.3, 0.4) is 0 Å². The first kappa shape index (κ1) is 19.0. The number of nitrogens with zero attached hydrogens (tertiary/aromatic N) is 1. The van der Waals surface area contributed by atoms with Crippen molar-refractivity contribution in [3.8, 4) is 0 Å². The summed E-state index contributed by atoms with van der Waals surface area (Å²) in [4.78, 5) is 13.2. The highest BCUT2D eigenvalue weighted by Crippen LogP contribution is 2.29. The van der Waals surface area contributed by atoms with Gasteiger partial charge in [-0.05, 0) is 48.6 Å². The molecule has 3 nitrogen and oxygen atoms in total. The average molecular weight is 361 g/mol. The van der Waals surface area contributed by atoms with Gasteiger partial charge in [-0.3, -0.25) is 4.79 Å². The number of rotatable bonds is 6. The number of carbonyl (C=O) groups excluding carboxylic acids is 1. The fourth-order valence-corrected chi connectivity index (χ4v) is 3.60. The molecule has 0 radical (unpaired) electrons. The van der Waals surface area contributed by atoms with Crippen molar-refractivity contribution in [2.75, 3.05) is 0 Å². The Morgan fingerprint density at radius 3 is 2.44 bits per heavy atom. The Balaban J connectivity index is 2.03. The standard InChI is InChI=1S/C24H28N2O/c1-6-14-26-22-13-12-20(16(2)3)15-21(22)17(4)23(26)24(27)25-18(5)19-10-8-7-9-11-19/h6-13,15-16,18H,1,14H2,2-5H3,(H,25,27). The van der Waals surface area contributed by atoms with Crippen molar-refractivity contribution >= 4 is 16.8 Å². The van der Waals surface area contributed by atoms with Gasteiger partial charge in [0.2, 0.25) is 0 Å². The molecule has 3 rings (SSSR count). The molecule has 0 saturated heterocycles. The van der Waals surface area contributed by atoms with Gasteiger partial charge in [0.25, 0.3) is 5.91 Å². The lowest BCUT2D eigenvalue weighted by Gasteiger charge is -2.16. The van der Waals surface area contributed by atoms with Gasteiger partial charge in [-0.2, -0.15) is 0 Å². The average Bonchev–Trinajstić information content (AvgIpc) is 2.94. The van der Waals surface area contributed by atoms with Gasteiger partial charge < -0.3 is 9.88 Å². The van der Waals surface area contributed by atoms with Crippen LogP contribution in [0.5, 0.6) is 0 Å². The van der Waals surface area contributed by atoms with E-state index in [9.17, 15) is 4.79 Å². The molecule has 3 heteroatoms. The molecule has 140 valence electrons. The van der Waals surface area contributed by atoms with Crippen molar-refractivity contribution in [1.29, 1.82) is 0 Å². The van der Waals surface area contributed by atoms with E-state index in [1.54, 1.807) is 0 Å². The Labute approximate surface area is 161 Å². The number of fused-ring (bicyclic) bond motifs is 1. The minimum Gasteiger partial charge on any atom is -0.344 e. The number of benzene rings is 2. The second-order valence-electron chi connectivity index (χ2n) is 7.41. The topological polar surface area (TPSA) is 34.0 Å². The van der Waals surface area contributed by atoms with E-state index in [1.807, 2.05) is 50.3 Å². The number of nitrogens with one attached hydrogen (secondary N) is 1. The van der Waals surface area contributed by atoms with Crippen LogP contribution in [0.1, 0.15) is 59.9 Å². The van der Waals surface area contributed by atoms with Gasteiger partial charge in [0.05, 0.1) is 6.04 Å². The predicted molar refractivity (Wildman–Crippen MR) is 113 cm³/mol. The molecule has 1 aromatic heterocycles. The van der Waals surface area contributed by atoms with Crippen molar-refractivity contribution in [3.05, 3.63) is 83.6 Å². The van der Waals surface area contributed by atoms with E-state index in [2.05, 4.69) is 48.5 Å². The summed E-state index contributed by atoms with van der Waals surface area (Å²) in [6.45, 7) is 12.9. The third-order valence-corrected chi connectivity index (χ3v) is 5.18. The van der Waals surface area contributed by atoms with Crippen LogP contribution in [0.25, 0.3) is 10.9 Å². The van der Waals surface area contributed by atoms with Gasteiger partial charge >= 0.3 is 0 Å². The Morgan fingerprint density at radius 1 is 1.11 bits per heavy atom. The molecule has 1 atom stereocenters. The summed E-state index contributed by atoms with van der Waals surface area (Å²) in [5.74, 6) is 0.403. The minimum atomic E-state index is -0.0560. The Morgan fingerprint density at radius 2 is 1.81 bits per heavy atom. The van der Waals surface area contributed by atoms with Gasteiger partial charge in [-0.1, -0.05) is 56.3 Å². The van der Waals surface area contributed by atoms with Crippen LogP contribution < -0.4 is 5.32 Å². The molecule has 1 heterocycles. The largest absolute Gasteiger partial charge is 0.344 e. The molecule has 3 aromatic rings. The Bertz CT molecular complexity index is 967. The molecule has 0 aliphatic rings. The predicted octanol–water partition coefficient (Wildman–Crippen LogP) is 5.75. The van der Waals surface area contributed by atoms with Crippen LogP contribution in [0.2, 0.25) is 0 Å². The fraction of sp³-hybridized carbons (Fsp3) is 0.292. The van der Waals surface area contributed by atoms with Gasteiger partial charge in [-0.25, -0.2) is 0 Å². The second kappa shape index (κ2) is 7.83. The van der Waals surface area contributed by atoms with Gasteiger partial charge in [0.15, 0.2) is 0 Å². The number of hydrogen-bond acceptors (Lipinski definition) is 1. The number of allylic oxidation sites excluding steroid dienone is 1. The Kier molecular flexibility index (Phi) is 5.50. The second-order valence-corrected chi connectivity index (χ2v) is 7.41. The summed E-state index contributed by atoms with van der Waals surface area (Å²) in [5.41, 5.74) is 5.19. The van der Waals surface area contributed by atoms with Crippen molar-refractivity contribution in [3.63, 3.8) is 0 Å². The van der Waals surface area contributed by atoms with Gasteiger partial charge in [0, 0.05) is 17.4 Å². The smallest absolute Gasteiger partial charge is 0.268 e. The molecule has 2 aromatic carbocycles. The van der Waals surface area contributed by atoms with Crippen LogP contribution >= 0.6 is 0 Å². The van der Waals surface area contributed by atoms with Gasteiger partial charge in [0.1, 0.15) is 5.69 Å². The summed E-state index contributed by atoms with van der Waals surface area (Å²) in [7, 11) is 0. The number of aryl methyl sites for hydroxylation is 1. The summed E-state index contributed by atoms with van der Waals surface area (Å²) in [6, 6.07) is 16.5. The van der Waals surface area contributed by atoms with E-state index < -0.39 is 0 Å². The maximum absolute atomic E-state index is 13.2. The molecular formula is C24H28N2O. The molecule has 1 unspecified atom stereocenters. The summed E-state index contributed by atoms with van der Waals surface area (Å²) >= 11 is 0. The van der Waals surface area contributed by atoms with E-state index in [4.69, 9.17) is 0 Å². The fourth-order valence-electron chi connectivity index (χ4n) is 3.60. The highest BCUT2D eigenvalue weighted by molar-refractivity contribution is 6.02. The lowest BCUT2D eigenvalue weighted by atomic mass is 10.0. The number of aromatic nitrogens is 1.